The Bertz CT molecular complexity index is 112. The average Bonchev–Trinajstić information content (AvgIpc) is 2.74. The molecule has 0 saturated carbocycles. The van der Waals surface area contributed by atoms with E-state index in [1.54, 1.807) is 0 Å². The van der Waals surface area contributed by atoms with Crippen LogP contribution in [0, 0.1) is 0 Å². The first-order valence-corrected chi connectivity index (χ1v) is 5.01. The highest BCUT2D eigenvalue weighted by atomic mass is 16.5. The standard InChI is InChI=1S/C9H18N2O/c1-2-9(12-5-1)7-11-8-3-4-10-6-8/h8-11H,1-7H2/t8-,9?/m0/s1. The lowest BCUT2D eigenvalue weighted by atomic mass is 10.2. The Morgan fingerprint density at radius 2 is 2.42 bits per heavy atom. The van der Waals surface area contributed by atoms with Crippen LogP contribution in [0.3, 0.4) is 0 Å². The SMILES string of the molecule is C1COC(CN[C@H]2CCNC2)C1. The zero-order valence-electron chi connectivity index (χ0n) is 7.51. The van der Waals surface area contributed by atoms with Crippen molar-refractivity contribution in [2.24, 2.45) is 0 Å². The van der Waals surface area contributed by atoms with Crippen LogP contribution >= 0.6 is 0 Å². The molecule has 0 radical (unpaired) electrons. The van der Waals surface area contributed by atoms with Crippen molar-refractivity contribution in [1.82, 2.24) is 10.6 Å². The van der Waals surface area contributed by atoms with Gasteiger partial charge < -0.3 is 15.4 Å². The molecular formula is C9H18N2O. The molecule has 1 unspecified atom stereocenters. The monoisotopic (exact) mass is 170 g/mol. The third-order valence-corrected chi connectivity index (χ3v) is 2.72. The third kappa shape index (κ3) is 2.19. The van der Waals surface area contributed by atoms with Gasteiger partial charge in [-0.1, -0.05) is 0 Å². The summed E-state index contributed by atoms with van der Waals surface area (Å²) in [5.41, 5.74) is 0. The number of hydrogen-bond acceptors (Lipinski definition) is 3. The molecule has 2 atom stereocenters. The molecular weight excluding hydrogens is 152 g/mol. The second kappa shape index (κ2) is 4.21. The van der Waals surface area contributed by atoms with Crippen molar-refractivity contribution in [1.29, 1.82) is 0 Å². The topological polar surface area (TPSA) is 33.3 Å². The molecule has 70 valence electrons. The van der Waals surface area contributed by atoms with E-state index >= 15 is 0 Å². The van der Waals surface area contributed by atoms with Gasteiger partial charge in [0.25, 0.3) is 0 Å². The molecule has 2 N–H and O–H groups in total. The summed E-state index contributed by atoms with van der Waals surface area (Å²) in [6.45, 7) is 4.32. The third-order valence-electron chi connectivity index (χ3n) is 2.72. The Morgan fingerprint density at radius 1 is 1.42 bits per heavy atom. The highest BCUT2D eigenvalue weighted by molar-refractivity contribution is 4.79. The first-order chi connectivity index (χ1) is 5.95. The molecule has 0 aromatic heterocycles. The fourth-order valence-corrected chi connectivity index (χ4v) is 1.93. The highest BCUT2D eigenvalue weighted by Crippen LogP contribution is 2.11. The van der Waals surface area contributed by atoms with E-state index < -0.39 is 0 Å². The molecule has 2 aliphatic heterocycles. The minimum atomic E-state index is 0.491. The maximum Gasteiger partial charge on any atom is 0.0700 e. The molecule has 0 spiro atoms. The van der Waals surface area contributed by atoms with Gasteiger partial charge in [0.15, 0.2) is 0 Å². The Balaban J connectivity index is 1.60. The van der Waals surface area contributed by atoms with Gasteiger partial charge in [0.05, 0.1) is 6.10 Å². The fraction of sp³-hybridized carbons (Fsp3) is 1.00. The Kier molecular flexibility index (Phi) is 2.98. The summed E-state index contributed by atoms with van der Waals surface area (Å²) in [5.74, 6) is 0. The van der Waals surface area contributed by atoms with Crippen LogP contribution in [0.15, 0.2) is 0 Å². The van der Waals surface area contributed by atoms with Crippen molar-refractivity contribution >= 4 is 0 Å². The van der Waals surface area contributed by atoms with Crippen LogP contribution < -0.4 is 10.6 Å². The van der Waals surface area contributed by atoms with Gasteiger partial charge in [-0.15, -0.1) is 0 Å². The molecule has 0 aliphatic carbocycles. The molecule has 0 aromatic rings. The fourth-order valence-electron chi connectivity index (χ4n) is 1.93. The van der Waals surface area contributed by atoms with Crippen molar-refractivity contribution in [2.45, 2.75) is 31.4 Å². The zero-order valence-corrected chi connectivity index (χ0v) is 7.51. The summed E-state index contributed by atoms with van der Waals surface area (Å²) in [7, 11) is 0. The summed E-state index contributed by atoms with van der Waals surface area (Å²) in [6.07, 6.45) is 4.25. The number of ether oxygens (including phenoxy) is 1. The van der Waals surface area contributed by atoms with E-state index in [9.17, 15) is 0 Å². The smallest absolute Gasteiger partial charge is 0.0700 e. The maximum absolute atomic E-state index is 5.53. The van der Waals surface area contributed by atoms with Crippen molar-refractivity contribution in [2.75, 3.05) is 26.2 Å². The summed E-state index contributed by atoms with van der Waals surface area (Å²) < 4.78 is 5.53. The van der Waals surface area contributed by atoms with Gasteiger partial charge in [0, 0.05) is 25.7 Å². The van der Waals surface area contributed by atoms with Gasteiger partial charge in [0.1, 0.15) is 0 Å². The van der Waals surface area contributed by atoms with Gasteiger partial charge in [-0.05, 0) is 25.8 Å². The van der Waals surface area contributed by atoms with Gasteiger partial charge >= 0.3 is 0 Å². The number of nitrogens with one attached hydrogen (secondary N) is 2. The van der Waals surface area contributed by atoms with Gasteiger partial charge in [-0.2, -0.15) is 0 Å². The predicted octanol–water partition coefficient (Wildman–Crippen LogP) is 0.117. The summed E-state index contributed by atoms with van der Waals surface area (Å²) in [4.78, 5) is 0. The summed E-state index contributed by atoms with van der Waals surface area (Å²) >= 11 is 0. The predicted molar refractivity (Wildman–Crippen MR) is 48.3 cm³/mol. The van der Waals surface area contributed by atoms with Crippen LogP contribution in [0.1, 0.15) is 19.3 Å². The van der Waals surface area contributed by atoms with E-state index in [1.807, 2.05) is 0 Å². The second-order valence-electron chi connectivity index (χ2n) is 3.73. The second-order valence-corrected chi connectivity index (χ2v) is 3.73. The minimum absolute atomic E-state index is 0.491. The molecule has 3 nitrogen and oxygen atoms in total. The van der Waals surface area contributed by atoms with Crippen LogP contribution in [0.5, 0.6) is 0 Å². The Morgan fingerprint density at radius 3 is 3.08 bits per heavy atom. The molecule has 0 amide bonds. The van der Waals surface area contributed by atoms with Crippen LogP contribution in [0.2, 0.25) is 0 Å². The summed E-state index contributed by atoms with van der Waals surface area (Å²) in [6, 6.07) is 0.689. The van der Waals surface area contributed by atoms with E-state index in [0.29, 0.717) is 12.1 Å². The lowest BCUT2D eigenvalue weighted by Gasteiger charge is -2.14. The first-order valence-electron chi connectivity index (χ1n) is 5.01. The van der Waals surface area contributed by atoms with Gasteiger partial charge in [0.2, 0.25) is 0 Å². The molecule has 2 saturated heterocycles. The van der Waals surface area contributed by atoms with Crippen LogP contribution in [0.4, 0.5) is 0 Å². The van der Waals surface area contributed by atoms with E-state index in [4.69, 9.17) is 4.74 Å². The molecule has 2 heterocycles. The van der Waals surface area contributed by atoms with Crippen molar-refractivity contribution in [3.63, 3.8) is 0 Å². The maximum atomic E-state index is 5.53. The van der Waals surface area contributed by atoms with Crippen molar-refractivity contribution in [3.8, 4) is 0 Å². The van der Waals surface area contributed by atoms with E-state index in [-0.39, 0.29) is 0 Å². The zero-order chi connectivity index (χ0) is 8.23. The van der Waals surface area contributed by atoms with Gasteiger partial charge in [-0.25, -0.2) is 0 Å². The van der Waals surface area contributed by atoms with E-state index in [0.717, 1.165) is 19.7 Å². The molecule has 3 heteroatoms. The Labute approximate surface area is 73.9 Å². The van der Waals surface area contributed by atoms with Crippen molar-refractivity contribution < 1.29 is 4.74 Å². The minimum Gasteiger partial charge on any atom is -0.377 e. The molecule has 2 rings (SSSR count). The highest BCUT2D eigenvalue weighted by Gasteiger charge is 2.18. The molecule has 0 bridgehead atoms. The normalized spacial score (nSPS) is 36.0. The number of rotatable bonds is 3. The lowest BCUT2D eigenvalue weighted by Crippen LogP contribution is -2.36. The molecule has 12 heavy (non-hydrogen) atoms. The van der Waals surface area contributed by atoms with E-state index in [1.165, 1.54) is 25.8 Å². The van der Waals surface area contributed by atoms with Crippen LogP contribution in [0.25, 0.3) is 0 Å². The van der Waals surface area contributed by atoms with Crippen molar-refractivity contribution in [3.05, 3.63) is 0 Å². The molecule has 0 aromatic carbocycles. The van der Waals surface area contributed by atoms with Crippen LogP contribution in [-0.4, -0.2) is 38.4 Å². The largest absolute Gasteiger partial charge is 0.377 e. The summed E-state index contributed by atoms with van der Waals surface area (Å²) in [5, 5.41) is 6.88. The van der Waals surface area contributed by atoms with Crippen LogP contribution in [-0.2, 0) is 4.74 Å². The van der Waals surface area contributed by atoms with Gasteiger partial charge in [-0.3, -0.25) is 0 Å². The molecule has 2 fully saturated rings. The lowest BCUT2D eigenvalue weighted by molar-refractivity contribution is 0.108. The quantitative estimate of drug-likeness (QED) is 0.631. The van der Waals surface area contributed by atoms with E-state index in [2.05, 4.69) is 10.6 Å². The average molecular weight is 170 g/mol. The number of hydrogen-bond donors (Lipinski definition) is 2. The molecule has 2 aliphatic rings. The Hall–Kier alpha value is -0.120. The first kappa shape index (κ1) is 8.48.